The molecule has 134 valence electrons. The summed E-state index contributed by atoms with van der Waals surface area (Å²) >= 11 is 0. The van der Waals surface area contributed by atoms with Crippen molar-refractivity contribution in [3.63, 3.8) is 0 Å². The van der Waals surface area contributed by atoms with E-state index >= 15 is 0 Å². The summed E-state index contributed by atoms with van der Waals surface area (Å²) in [6.07, 6.45) is -3.04. The second-order valence-electron chi connectivity index (χ2n) is 5.94. The fraction of sp³-hybridized carbons (Fsp3) is 0.625. The van der Waals surface area contributed by atoms with Gasteiger partial charge >= 0.3 is 6.18 Å². The third kappa shape index (κ3) is 5.09. The first-order chi connectivity index (χ1) is 11.2. The molecule has 0 aliphatic carbocycles. The summed E-state index contributed by atoms with van der Waals surface area (Å²) in [7, 11) is 0. The van der Waals surface area contributed by atoms with E-state index in [1.54, 1.807) is 4.90 Å². The monoisotopic (exact) mass is 346 g/mol. The van der Waals surface area contributed by atoms with E-state index in [1.165, 1.54) is 18.2 Å². The van der Waals surface area contributed by atoms with E-state index in [1.807, 2.05) is 13.8 Å². The minimum atomic E-state index is -4.45. The number of hydrogen-bond acceptors (Lipinski definition) is 4. The van der Waals surface area contributed by atoms with Gasteiger partial charge < -0.3 is 14.4 Å². The van der Waals surface area contributed by atoms with Gasteiger partial charge in [0.2, 0.25) is 5.88 Å². The minimum Gasteiger partial charge on any atom is -0.468 e. The van der Waals surface area contributed by atoms with Crippen LogP contribution in [0, 0.1) is 0 Å². The van der Waals surface area contributed by atoms with E-state index in [-0.39, 0.29) is 23.1 Å². The Balaban J connectivity index is 1.98. The van der Waals surface area contributed by atoms with Crippen LogP contribution >= 0.6 is 0 Å². The lowest BCUT2D eigenvalue weighted by Gasteiger charge is -2.39. The maximum Gasteiger partial charge on any atom is 0.422 e. The molecule has 24 heavy (non-hydrogen) atoms. The molecule has 0 aromatic carbocycles. The highest BCUT2D eigenvalue weighted by Crippen LogP contribution is 2.26. The highest BCUT2D eigenvalue weighted by molar-refractivity contribution is 5.92. The molecule has 2 heterocycles. The van der Waals surface area contributed by atoms with Crippen LogP contribution in [0.1, 0.15) is 37.2 Å². The first kappa shape index (κ1) is 18.5. The summed E-state index contributed by atoms with van der Waals surface area (Å²) in [4.78, 5) is 18.0. The molecular formula is C16H21F3N2O3. The number of likely N-dealkylation sites (tertiary alicyclic amines) is 1. The summed E-state index contributed by atoms with van der Waals surface area (Å²) in [6, 6.07) is 4.23. The molecule has 1 aromatic rings. The summed E-state index contributed by atoms with van der Waals surface area (Å²) in [5, 5.41) is 0. The number of aromatic nitrogens is 1. The SMILES string of the molecule is CCOC1(C)CCN(C(=O)c2cccc(OCC(F)(F)F)n2)CC1. The van der Waals surface area contributed by atoms with Gasteiger partial charge in [0.1, 0.15) is 5.69 Å². The first-order valence-electron chi connectivity index (χ1n) is 7.82. The molecule has 0 radical (unpaired) electrons. The number of carbonyl (C=O) groups is 1. The van der Waals surface area contributed by atoms with Gasteiger partial charge in [0.05, 0.1) is 5.60 Å². The van der Waals surface area contributed by atoms with Crippen molar-refractivity contribution in [2.75, 3.05) is 26.3 Å². The normalized spacial score (nSPS) is 17.6. The van der Waals surface area contributed by atoms with Crippen LogP contribution in [-0.4, -0.2) is 53.9 Å². The van der Waals surface area contributed by atoms with Crippen molar-refractivity contribution >= 4 is 5.91 Å². The summed E-state index contributed by atoms with van der Waals surface area (Å²) in [6.45, 7) is 4.16. The maximum absolute atomic E-state index is 12.5. The molecular weight excluding hydrogens is 325 g/mol. The molecule has 1 amide bonds. The number of nitrogens with zero attached hydrogens (tertiary/aromatic N) is 2. The van der Waals surface area contributed by atoms with Gasteiger partial charge in [-0.1, -0.05) is 6.07 Å². The van der Waals surface area contributed by atoms with Crippen LogP contribution in [0.25, 0.3) is 0 Å². The van der Waals surface area contributed by atoms with Crippen LogP contribution in [-0.2, 0) is 4.74 Å². The molecule has 0 N–H and O–H groups in total. The Morgan fingerprint density at radius 1 is 1.33 bits per heavy atom. The van der Waals surface area contributed by atoms with E-state index in [9.17, 15) is 18.0 Å². The van der Waals surface area contributed by atoms with E-state index in [2.05, 4.69) is 9.72 Å². The summed E-state index contributed by atoms with van der Waals surface area (Å²) in [5.41, 5.74) is -0.161. The van der Waals surface area contributed by atoms with E-state index in [0.717, 1.165) is 0 Å². The lowest BCUT2D eigenvalue weighted by atomic mass is 9.93. The van der Waals surface area contributed by atoms with E-state index < -0.39 is 12.8 Å². The molecule has 5 nitrogen and oxygen atoms in total. The predicted molar refractivity (Wildman–Crippen MR) is 81.0 cm³/mol. The molecule has 1 aliphatic heterocycles. The molecule has 2 rings (SSSR count). The number of hydrogen-bond donors (Lipinski definition) is 0. The van der Waals surface area contributed by atoms with E-state index in [0.29, 0.717) is 32.5 Å². The van der Waals surface area contributed by atoms with Crippen molar-refractivity contribution in [3.8, 4) is 5.88 Å². The molecule has 1 aliphatic rings. The molecule has 0 bridgehead atoms. The Hall–Kier alpha value is -1.83. The van der Waals surface area contributed by atoms with Gasteiger partial charge in [-0.05, 0) is 32.8 Å². The van der Waals surface area contributed by atoms with Gasteiger partial charge in [0.15, 0.2) is 6.61 Å². The zero-order chi connectivity index (χ0) is 17.8. The summed E-state index contributed by atoms with van der Waals surface area (Å²) in [5.74, 6) is -0.527. The molecule has 0 saturated carbocycles. The van der Waals surface area contributed by atoms with Crippen LogP contribution in [0.4, 0.5) is 13.2 Å². The third-order valence-corrected chi connectivity index (χ3v) is 3.93. The third-order valence-electron chi connectivity index (χ3n) is 3.93. The molecule has 0 unspecified atom stereocenters. The number of halogens is 3. The second kappa shape index (κ2) is 7.38. The predicted octanol–water partition coefficient (Wildman–Crippen LogP) is 3.05. The largest absolute Gasteiger partial charge is 0.468 e. The topological polar surface area (TPSA) is 51.7 Å². The van der Waals surface area contributed by atoms with Crippen LogP contribution in [0.15, 0.2) is 18.2 Å². The highest BCUT2D eigenvalue weighted by atomic mass is 19.4. The average Bonchev–Trinajstić information content (AvgIpc) is 2.53. The van der Waals surface area contributed by atoms with Crippen molar-refractivity contribution in [2.45, 2.75) is 38.5 Å². The summed E-state index contributed by atoms with van der Waals surface area (Å²) < 4.78 is 46.9. The molecule has 8 heteroatoms. The Bertz CT molecular complexity index is 570. The number of carbonyl (C=O) groups excluding carboxylic acids is 1. The maximum atomic E-state index is 12.5. The van der Waals surface area contributed by atoms with Gasteiger partial charge in [-0.2, -0.15) is 13.2 Å². The molecule has 0 spiro atoms. The molecule has 0 atom stereocenters. The molecule has 1 saturated heterocycles. The van der Waals surface area contributed by atoms with Crippen LogP contribution in [0.5, 0.6) is 5.88 Å². The van der Waals surface area contributed by atoms with Crippen LogP contribution in [0.2, 0.25) is 0 Å². The number of alkyl halides is 3. The average molecular weight is 346 g/mol. The van der Waals surface area contributed by atoms with Crippen LogP contribution < -0.4 is 4.74 Å². The van der Waals surface area contributed by atoms with Crippen molar-refractivity contribution in [1.82, 2.24) is 9.88 Å². The van der Waals surface area contributed by atoms with Crippen molar-refractivity contribution in [3.05, 3.63) is 23.9 Å². The number of pyridine rings is 1. The van der Waals surface area contributed by atoms with Gasteiger partial charge in [0, 0.05) is 25.8 Å². The zero-order valence-electron chi connectivity index (χ0n) is 13.7. The van der Waals surface area contributed by atoms with Crippen molar-refractivity contribution in [1.29, 1.82) is 0 Å². The Labute approximate surface area is 138 Å². The van der Waals surface area contributed by atoms with Gasteiger partial charge in [-0.15, -0.1) is 0 Å². The standard InChI is InChI=1S/C16H21F3N2O3/c1-3-24-15(2)7-9-21(10-8-15)14(22)12-5-4-6-13(20-12)23-11-16(17,18)19/h4-6H,3,7-11H2,1-2H3. The van der Waals surface area contributed by atoms with Crippen LogP contribution in [0.3, 0.4) is 0 Å². The van der Waals surface area contributed by atoms with Gasteiger partial charge in [-0.25, -0.2) is 4.98 Å². The van der Waals surface area contributed by atoms with E-state index in [4.69, 9.17) is 4.74 Å². The second-order valence-corrected chi connectivity index (χ2v) is 5.94. The fourth-order valence-electron chi connectivity index (χ4n) is 2.61. The Morgan fingerprint density at radius 3 is 2.58 bits per heavy atom. The number of ether oxygens (including phenoxy) is 2. The smallest absolute Gasteiger partial charge is 0.422 e. The van der Waals surface area contributed by atoms with Gasteiger partial charge in [-0.3, -0.25) is 4.79 Å². The minimum absolute atomic E-state index is 0.0784. The number of rotatable bonds is 5. The highest BCUT2D eigenvalue weighted by Gasteiger charge is 2.33. The molecule has 1 fully saturated rings. The first-order valence-corrected chi connectivity index (χ1v) is 7.82. The Morgan fingerprint density at radius 2 is 2.00 bits per heavy atom. The van der Waals surface area contributed by atoms with Crippen molar-refractivity contribution in [2.24, 2.45) is 0 Å². The zero-order valence-corrected chi connectivity index (χ0v) is 13.7. The number of piperidine rings is 1. The Kier molecular flexibility index (Phi) is 5.69. The number of amides is 1. The van der Waals surface area contributed by atoms with Gasteiger partial charge in [0.25, 0.3) is 5.91 Å². The molecule has 1 aromatic heterocycles. The van der Waals surface area contributed by atoms with Crippen molar-refractivity contribution < 1.29 is 27.4 Å². The quantitative estimate of drug-likeness (QED) is 0.822. The lowest BCUT2D eigenvalue weighted by Crippen LogP contribution is -2.46. The lowest BCUT2D eigenvalue weighted by molar-refractivity contribution is -0.154. The fourth-order valence-corrected chi connectivity index (χ4v) is 2.61.